The highest BCUT2D eigenvalue weighted by atomic mass is 16.5. The molecule has 3 fully saturated rings. The fraction of sp³-hybridized carbons (Fsp3) is 0.708. The Hall–Kier alpha value is -1.31. The molecule has 142 valence electrons. The first-order chi connectivity index (χ1) is 12.4. The molecule has 2 bridgehead atoms. The van der Waals surface area contributed by atoms with Crippen LogP contribution in [0.3, 0.4) is 0 Å². The molecule has 0 N–H and O–H groups in total. The van der Waals surface area contributed by atoms with Crippen molar-refractivity contribution in [3.63, 3.8) is 0 Å². The van der Waals surface area contributed by atoms with E-state index in [1.807, 2.05) is 30.3 Å². The van der Waals surface area contributed by atoms with E-state index < -0.39 is 0 Å². The average molecular weight is 355 g/mol. The van der Waals surface area contributed by atoms with Crippen molar-refractivity contribution < 1.29 is 9.53 Å². The number of hydrogen-bond donors (Lipinski definition) is 0. The van der Waals surface area contributed by atoms with Crippen molar-refractivity contribution in [2.75, 3.05) is 0 Å². The Bertz CT molecular complexity index is 643. The van der Waals surface area contributed by atoms with Crippen molar-refractivity contribution in [3.05, 3.63) is 35.9 Å². The zero-order valence-electron chi connectivity index (χ0n) is 16.7. The molecular weight excluding hydrogens is 320 g/mol. The second-order valence-electron chi connectivity index (χ2n) is 9.88. The van der Waals surface area contributed by atoms with Crippen LogP contribution in [0.2, 0.25) is 0 Å². The molecule has 3 aliphatic rings. The van der Waals surface area contributed by atoms with Gasteiger partial charge in [0, 0.05) is 11.3 Å². The Balaban J connectivity index is 1.57. The molecule has 0 saturated heterocycles. The number of benzene rings is 1. The molecule has 1 aromatic carbocycles. The summed E-state index contributed by atoms with van der Waals surface area (Å²) in [5.74, 6) is 1.95. The largest absolute Gasteiger partial charge is 0.458 e. The number of ether oxygens (including phenoxy) is 1. The van der Waals surface area contributed by atoms with Crippen molar-refractivity contribution in [2.24, 2.45) is 28.6 Å². The number of rotatable bonds is 4. The molecule has 0 radical (unpaired) electrons. The Kier molecular flexibility index (Phi) is 4.65. The maximum Gasteiger partial charge on any atom is 0.338 e. The van der Waals surface area contributed by atoms with Gasteiger partial charge in [-0.25, -0.2) is 4.79 Å². The molecule has 1 aromatic rings. The van der Waals surface area contributed by atoms with Gasteiger partial charge in [-0.15, -0.1) is 0 Å². The summed E-state index contributed by atoms with van der Waals surface area (Å²) < 4.78 is 6.29. The Morgan fingerprint density at radius 3 is 2.42 bits per heavy atom. The van der Waals surface area contributed by atoms with Gasteiger partial charge in [-0.05, 0) is 48.6 Å². The third-order valence-electron chi connectivity index (χ3n) is 8.48. The lowest BCUT2D eigenvalue weighted by atomic mass is 9.69. The summed E-state index contributed by atoms with van der Waals surface area (Å²) in [6.07, 6.45) is 10.8. The van der Waals surface area contributed by atoms with Crippen molar-refractivity contribution >= 4 is 5.97 Å². The van der Waals surface area contributed by atoms with E-state index in [4.69, 9.17) is 4.74 Å². The lowest BCUT2D eigenvalue weighted by Gasteiger charge is -2.40. The SMILES string of the molecule is CC1(C)[C@H]2CC[C@]1(C)[C@H](OC(=O)c1ccccc1)[C@@H]2CC1CCCCC1. The molecule has 3 aliphatic carbocycles. The Morgan fingerprint density at radius 2 is 1.73 bits per heavy atom. The summed E-state index contributed by atoms with van der Waals surface area (Å²) >= 11 is 0. The van der Waals surface area contributed by atoms with Crippen LogP contribution in [0.25, 0.3) is 0 Å². The zero-order valence-corrected chi connectivity index (χ0v) is 16.7. The van der Waals surface area contributed by atoms with E-state index in [-0.39, 0.29) is 22.9 Å². The van der Waals surface area contributed by atoms with E-state index in [9.17, 15) is 4.79 Å². The molecule has 0 unspecified atom stereocenters. The van der Waals surface area contributed by atoms with Gasteiger partial charge in [0.1, 0.15) is 6.10 Å². The van der Waals surface area contributed by atoms with Gasteiger partial charge in [0.15, 0.2) is 0 Å². The van der Waals surface area contributed by atoms with E-state index in [1.54, 1.807) is 0 Å². The summed E-state index contributed by atoms with van der Waals surface area (Å²) in [5.41, 5.74) is 1.06. The number of esters is 1. The van der Waals surface area contributed by atoms with E-state index in [1.165, 1.54) is 51.4 Å². The van der Waals surface area contributed by atoms with Gasteiger partial charge in [0.25, 0.3) is 0 Å². The highest BCUT2D eigenvalue weighted by Crippen LogP contribution is 2.69. The molecule has 2 nitrogen and oxygen atoms in total. The first-order valence-electron chi connectivity index (χ1n) is 10.7. The Morgan fingerprint density at radius 1 is 1.04 bits per heavy atom. The standard InChI is InChI=1S/C24H34O2/c1-23(2)20-14-15-24(23,3)21(19(20)16-17-10-6-4-7-11-17)26-22(25)18-12-8-5-9-13-18/h5,8-9,12-13,17,19-21H,4,6-7,10-11,14-16H2,1-3H3/t19-,20+,21-,24-/m1/s1. The summed E-state index contributed by atoms with van der Waals surface area (Å²) in [5, 5.41) is 0. The van der Waals surface area contributed by atoms with Crippen LogP contribution < -0.4 is 0 Å². The molecule has 3 saturated carbocycles. The van der Waals surface area contributed by atoms with Gasteiger partial charge in [-0.1, -0.05) is 71.1 Å². The van der Waals surface area contributed by atoms with Gasteiger partial charge >= 0.3 is 5.97 Å². The molecule has 0 aliphatic heterocycles. The topological polar surface area (TPSA) is 26.3 Å². The number of fused-ring (bicyclic) bond motifs is 2. The second kappa shape index (κ2) is 6.69. The smallest absolute Gasteiger partial charge is 0.338 e. The maximum absolute atomic E-state index is 12.8. The van der Waals surface area contributed by atoms with Gasteiger partial charge in [0.05, 0.1) is 5.56 Å². The number of hydrogen-bond acceptors (Lipinski definition) is 2. The van der Waals surface area contributed by atoms with Crippen LogP contribution in [0, 0.1) is 28.6 Å². The lowest BCUT2D eigenvalue weighted by molar-refractivity contribution is -0.0454. The van der Waals surface area contributed by atoms with Gasteiger partial charge < -0.3 is 4.74 Å². The Labute approximate surface area is 158 Å². The molecule has 4 rings (SSSR count). The number of carbonyl (C=O) groups is 1. The fourth-order valence-corrected chi connectivity index (χ4v) is 6.57. The van der Waals surface area contributed by atoms with Crippen LogP contribution in [0.1, 0.15) is 82.5 Å². The fourth-order valence-electron chi connectivity index (χ4n) is 6.57. The van der Waals surface area contributed by atoms with Crippen molar-refractivity contribution in [1.29, 1.82) is 0 Å². The molecule has 0 aromatic heterocycles. The van der Waals surface area contributed by atoms with E-state index in [2.05, 4.69) is 20.8 Å². The lowest BCUT2D eigenvalue weighted by Crippen LogP contribution is -2.41. The third-order valence-corrected chi connectivity index (χ3v) is 8.48. The quantitative estimate of drug-likeness (QED) is 0.597. The second-order valence-corrected chi connectivity index (χ2v) is 9.88. The first-order valence-corrected chi connectivity index (χ1v) is 10.7. The van der Waals surface area contributed by atoms with Crippen molar-refractivity contribution in [2.45, 2.75) is 78.2 Å². The van der Waals surface area contributed by atoms with Gasteiger partial charge in [-0.3, -0.25) is 0 Å². The van der Waals surface area contributed by atoms with Crippen LogP contribution in [-0.4, -0.2) is 12.1 Å². The minimum absolute atomic E-state index is 0.0749. The highest BCUT2D eigenvalue weighted by molar-refractivity contribution is 5.89. The van der Waals surface area contributed by atoms with Crippen LogP contribution >= 0.6 is 0 Å². The van der Waals surface area contributed by atoms with Crippen LogP contribution in [0.4, 0.5) is 0 Å². The molecule has 0 amide bonds. The molecule has 2 heteroatoms. The summed E-state index contributed by atoms with van der Waals surface area (Å²) in [6.45, 7) is 7.24. The zero-order chi connectivity index (χ0) is 18.4. The summed E-state index contributed by atoms with van der Waals surface area (Å²) in [7, 11) is 0. The monoisotopic (exact) mass is 354 g/mol. The predicted octanol–water partition coefficient (Wildman–Crippen LogP) is 6.25. The van der Waals surface area contributed by atoms with Crippen LogP contribution in [0.15, 0.2) is 30.3 Å². The molecule has 0 heterocycles. The first kappa shape index (κ1) is 18.1. The summed E-state index contributed by atoms with van der Waals surface area (Å²) in [6, 6.07) is 9.54. The molecule has 4 atom stereocenters. The summed E-state index contributed by atoms with van der Waals surface area (Å²) in [4.78, 5) is 12.8. The normalized spacial score (nSPS) is 36.2. The average Bonchev–Trinajstić information content (AvgIpc) is 2.96. The molecular formula is C24H34O2. The van der Waals surface area contributed by atoms with Crippen molar-refractivity contribution in [1.82, 2.24) is 0 Å². The highest BCUT2D eigenvalue weighted by Gasteiger charge is 2.67. The van der Waals surface area contributed by atoms with Crippen LogP contribution in [-0.2, 0) is 4.74 Å². The maximum atomic E-state index is 12.8. The minimum atomic E-state index is -0.131. The van der Waals surface area contributed by atoms with Crippen molar-refractivity contribution in [3.8, 4) is 0 Å². The minimum Gasteiger partial charge on any atom is -0.458 e. The molecule has 26 heavy (non-hydrogen) atoms. The van der Waals surface area contributed by atoms with Crippen LogP contribution in [0.5, 0.6) is 0 Å². The molecule has 0 spiro atoms. The van der Waals surface area contributed by atoms with E-state index in [0.717, 1.165) is 5.92 Å². The van der Waals surface area contributed by atoms with Gasteiger partial charge in [0.2, 0.25) is 0 Å². The predicted molar refractivity (Wildman–Crippen MR) is 105 cm³/mol. The number of carbonyl (C=O) groups excluding carboxylic acids is 1. The van der Waals surface area contributed by atoms with E-state index in [0.29, 0.717) is 17.4 Å². The third kappa shape index (κ3) is 2.80. The van der Waals surface area contributed by atoms with E-state index >= 15 is 0 Å². The van der Waals surface area contributed by atoms with Gasteiger partial charge in [-0.2, -0.15) is 0 Å².